The quantitative estimate of drug-likeness (QED) is 0.0306. The summed E-state index contributed by atoms with van der Waals surface area (Å²) in [5.41, 5.74) is -4.20. The molecule has 95 heavy (non-hydrogen) atoms. The average molecular weight is 1410 g/mol. The van der Waals surface area contributed by atoms with Crippen molar-refractivity contribution in [2.75, 3.05) is 26.4 Å². The molecule has 7 aliphatic rings. The van der Waals surface area contributed by atoms with Gasteiger partial charge in [-0.05, 0) is 152 Å². The summed E-state index contributed by atoms with van der Waals surface area (Å²) in [5.74, 6) is -39.3. The van der Waals surface area contributed by atoms with E-state index < -0.39 is 84.7 Å². The fourth-order valence-electron chi connectivity index (χ4n) is 12.3. The first kappa shape index (κ1) is 89.2. The standard InChI is InChI=1S/C15H22O2.C11H7F13O2.C11H20O2.C10H16.C8H8F6O.2C5H8O2/c1-9(2)14(16)17-15(3)12-5-10-4-11(7-12)8-13(15)6-10;1-2-5(25)26-4-3-6(12,13)7(14,15)8(16,17)9(18,19)10(20,21)11(22,23)24;1-4-7-8-10(5-2)9-13-11(12)6-3;1-2-9-7-4-5-8(6-7)10(9)3-1;1-3-4-6(15,8(12,13)14)7(10,11)5(2)9;2*1-3-5(6)7-4-2/h10-13H,1,4-8H2,2-3H3;2H,1,3-4H2;6,10H,3-5,7-9H2,1-2H3;7-10H,1-6H2;3,15H,1-2,4H2;2*3H,1,4H2,2H3. The Hall–Kier alpha value is -5.84. The molecule has 548 valence electrons. The zero-order valence-corrected chi connectivity index (χ0v) is 54.1. The Kier molecular flexibility index (Phi) is 35.4. The zero-order valence-electron chi connectivity index (χ0n) is 54.1. The van der Waals surface area contributed by atoms with Crippen molar-refractivity contribution in [3.05, 3.63) is 87.8 Å². The third-order valence-electron chi connectivity index (χ3n) is 17.4. The van der Waals surface area contributed by atoms with Crippen molar-refractivity contribution >= 4 is 29.8 Å². The zero-order chi connectivity index (χ0) is 74.2. The number of hydrogen-bond acceptors (Lipinski definition) is 11. The second-order valence-corrected chi connectivity index (χ2v) is 23.9. The van der Waals surface area contributed by atoms with Crippen LogP contribution < -0.4 is 0 Å². The summed E-state index contributed by atoms with van der Waals surface area (Å²) >= 11 is 0. The number of halogens is 19. The lowest BCUT2D eigenvalue weighted by molar-refractivity contribution is -0.440. The van der Waals surface area contributed by atoms with E-state index in [4.69, 9.17) is 14.6 Å². The van der Waals surface area contributed by atoms with Crippen LogP contribution in [0.1, 0.15) is 151 Å². The van der Waals surface area contributed by atoms with Crippen LogP contribution in [0, 0.1) is 53.3 Å². The molecule has 0 amide bonds. The fraction of sp³-hybridized carbons (Fsp3) is 0.708. The number of unbranched alkanes of at least 4 members (excludes halogenated alkanes) is 1. The molecule has 6 atom stereocenters. The predicted octanol–water partition coefficient (Wildman–Crippen LogP) is 18.4. The molecule has 0 saturated heterocycles. The largest absolute Gasteiger partial charge is 0.463 e. The molecule has 30 heteroatoms. The van der Waals surface area contributed by atoms with Crippen molar-refractivity contribution in [3.8, 4) is 0 Å². The molecule has 0 aromatic rings. The van der Waals surface area contributed by atoms with Crippen LogP contribution in [-0.4, -0.2) is 120 Å². The van der Waals surface area contributed by atoms with Gasteiger partial charge in [0.05, 0.1) is 32.8 Å². The Morgan fingerprint density at radius 2 is 0.979 bits per heavy atom. The van der Waals surface area contributed by atoms with E-state index in [1.54, 1.807) is 59.3 Å². The van der Waals surface area contributed by atoms with Crippen LogP contribution in [0.25, 0.3) is 0 Å². The monoisotopic (exact) mass is 1410 g/mol. The second-order valence-electron chi connectivity index (χ2n) is 23.9. The van der Waals surface area contributed by atoms with Gasteiger partial charge in [0.15, 0.2) is 5.83 Å². The highest BCUT2D eigenvalue weighted by atomic mass is 19.4. The van der Waals surface area contributed by atoms with E-state index in [1.165, 1.54) is 74.7 Å². The maximum atomic E-state index is 13.2. The van der Waals surface area contributed by atoms with E-state index in [9.17, 15) is 107 Å². The highest BCUT2D eigenvalue weighted by Gasteiger charge is 2.90. The van der Waals surface area contributed by atoms with Gasteiger partial charge >= 0.3 is 77.7 Å². The lowest BCUT2D eigenvalue weighted by atomic mass is 9.50. The van der Waals surface area contributed by atoms with Crippen molar-refractivity contribution in [1.29, 1.82) is 0 Å². The van der Waals surface area contributed by atoms with Crippen molar-refractivity contribution in [2.45, 2.75) is 210 Å². The van der Waals surface area contributed by atoms with Crippen molar-refractivity contribution in [2.24, 2.45) is 53.3 Å². The Morgan fingerprint density at radius 3 is 1.32 bits per heavy atom. The summed E-state index contributed by atoms with van der Waals surface area (Å²) in [7, 11) is 0. The van der Waals surface area contributed by atoms with Crippen LogP contribution in [0.5, 0.6) is 0 Å². The van der Waals surface area contributed by atoms with Gasteiger partial charge < -0.3 is 28.8 Å². The predicted molar refractivity (Wildman–Crippen MR) is 314 cm³/mol. The molecule has 0 heterocycles. The minimum Gasteiger partial charge on any atom is -0.463 e. The summed E-state index contributed by atoms with van der Waals surface area (Å²) in [5, 5.41) is 8.80. The van der Waals surface area contributed by atoms with Crippen LogP contribution in [0.4, 0.5) is 83.4 Å². The Morgan fingerprint density at radius 1 is 0.568 bits per heavy atom. The summed E-state index contributed by atoms with van der Waals surface area (Å²) < 4.78 is 263. The minimum absolute atomic E-state index is 0.194. The number of ether oxygens (including phenoxy) is 5. The van der Waals surface area contributed by atoms with Gasteiger partial charge in [0.25, 0.3) is 0 Å². The molecule has 6 unspecified atom stereocenters. The molecule has 7 fully saturated rings. The first-order valence-corrected chi connectivity index (χ1v) is 30.6. The topological polar surface area (TPSA) is 152 Å². The Balaban J connectivity index is 0.00000113. The molecule has 0 aliphatic heterocycles. The Bertz CT molecular complexity index is 2480. The molecule has 1 N–H and O–H groups in total. The van der Waals surface area contributed by atoms with Crippen LogP contribution >= 0.6 is 0 Å². The number of alkyl halides is 18. The van der Waals surface area contributed by atoms with E-state index in [-0.39, 0.29) is 29.5 Å². The third-order valence-corrected chi connectivity index (χ3v) is 17.4. The van der Waals surface area contributed by atoms with Gasteiger partial charge in [0, 0.05) is 36.3 Å². The van der Waals surface area contributed by atoms with Gasteiger partial charge in [-0.2, -0.15) is 79.0 Å². The molecule has 0 aromatic carbocycles. The van der Waals surface area contributed by atoms with Gasteiger partial charge in [0.2, 0.25) is 5.60 Å². The molecule has 7 saturated carbocycles. The molecule has 0 radical (unpaired) electrons. The van der Waals surface area contributed by atoms with E-state index >= 15 is 0 Å². The van der Waals surface area contributed by atoms with E-state index in [0.717, 1.165) is 36.8 Å². The molecular weight excluding hydrogens is 1320 g/mol. The Labute approximate surface area is 542 Å². The number of rotatable bonds is 25. The average Bonchev–Trinajstić information content (AvgIpc) is 1.20. The fourth-order valence-corrected chi connectivity index (χ4v) is 12.3. The van der Waals surface area contributed by atoms with Gasteiger partial charge in [-0.1, -0.05) is 85.1 Å². The first-order valence-electron chi connectivity index (χ1n) is 30.6. The number of aliphatic hydroxyl groups is 1. The smallest absolute Gasteiger partial charge is 0.460 e. The highest BCUT2D eigenvalue weighted by Crippen LogP contribution is 2.62. The summed E-state index contributed by atoms with van der Waals surface area (Å²) in [6.45, 7) is 32.4. The van der Waals surface area contributed by atoms with Crippen LogP contribution in [0.2, 0.25) is 0 Å². The highest BCUT2D eigenvalue weighted by molar-refractivity contribution is 5.87. The van der Waals surface area contributed by atoms with Crippen molar-refractivity contribution < 1.29 is 136 Å². The SMILES string of the molecule is C1CC2C3CCC(C3)C2C1.C=C(C)C(=O)OC1(C)C2CC3CC(C2)CC1C3.C=CC(=O)OCC.C=CC(=O)OCC.C=CC(=O)OCC(CC)CCCC.C=CC(=O)OCCC(F)(F)C(F)(F)C(F)(F)C(F)(F)C(F)(F)C(F)(F)F.C=CCC(O)(C(F)(F)F)C(F)(F)C(=C)F. The molecule has 0 spiro atoms. The van der Waals surface area contributed by atoms with Crippen LogP contribution in [0.3, 0.4) is 0 Å². The molecule has 6 bridgehead atoms. The number of hydrogen-bond donors (Lipinski definition) is 1. The van der Waals surface area contributed by atoms with Gasteiger partial charge in [-0.3, -0.25) is 0 Å². The number of carbonyl (C=O) groups excluding carboxylic acids is 5. The lowest BCUT2D eigenvalue weighted by Crippen LogP contribution is -2.70. The summed E-state index contributed by atoms with van der Waals surface area (Å²) in [4.78, 5) is 53.2. The van der Waals surface area contributed by atoms with E-state index in [1.807, 2.05) is 0 Å². The molecule has 11 nitrogen and oxygen atoms in total. The second kappa shape index (κ2) is 37.8. The van der Waals surface area contributed by atoms with Crippen molar-refractivity contribution in [3.63, 3.8) is 0 Å². The first-order chi connectivity index (χ1) is 43.5. The molecule has 7 aliphatic carbocycles. The van der Waals surface area contributed by atoms with Gasteiger partial charge in [-0.15, -0.1) is 6.58 Å². The third kappa shape index (κ3) is 23.4. The van der Waals surface area contributed by atoms with Gasteiger partial charge in [-0.25, -0.2) is 28.4 Å². The maximum Gasteiger partial charge on any atom is 0.460 e. The van der Waals surface area contributed by atoms with Crippen molar-refractivity contribution in [1.82, 2.24) is 0 Å². The molecule has 0 aromatic heterocycles. The number of fused-ring (bicyclic) bond motifs is 5. The normalized spacial score (nSPS) is 24.0. The molecule has 7 rings (SSSR count). The number of esters is 5. The van der Waals surface area contributed by atoms with Gasteiger partial charge in [0.1, 0.15) is 5.60 Å². The lowest BCUT2D eigenvalue weighted by Gasteiger charge is -2.59. The van der Waals surface area contributed by atoms with E-state index in [2.05, 4.69) is 81.0 Å². The molecular formula is C65H89F19O11. The van der Waals surface area contributed by atoms with E-state index in [0.29, 0.717) is 55.3 Å². The summed E-state index contributed by atoms with van der Waals surface area (Å²) in [6, 6.07) is 0. The summed E-state index contributed by atoms with van der Waals surface area (Å²) in [6.07, 6.45) is 7.63. The maximum absolute atomic E-state index is 13.2. The minimum atomic E-state index is -7.94. The van der Waals surface area contributed by atoms with Crippen LogP contribution in [0.15, 0.2) is 87.8 Å². The van der Waals surface area contributed by atoms with Crippen LogP contribution in [-0.2, 0) is 47.7 Å². The number of carbonyl (C=O) groups is 5.